The average Bonchev–Trinajstić information content (AvgIpc) is 2.36. The second-order valence-electron chi connectivity index (χ2n) is 4.15. The summed E-state index contributed by atoms with van der Waals surface area (Å²) in [6.07, 6.45) is -3.13. The Morgan fingerprint density at radius 3 is 2.56 bits per heavy atom. The first-order valence-corrected chi connectivity index (χ1v) is 5.72. The lowest BCUT2D eigenvalue weighted by molar-refractivity contribution is -0.253. The zero-order chi connectivity index (χ0) is 13.7. The Balaban J connectivity index is 2.59. The van der Waals surface area contributed by atoms with Crippen molar-refractivity contribution in [2.75, 3.05) is 6.61 Å². The predicted molar refractivity (Wildman–Crippen MR) is 61.3 cm³/mol. The summed E-state index contributed by atoms with van der Waals surface area (Å²) in [7, 11) is 0. The van der Waals surface area contributed by atoms with Crippen LogP contribution in [0.2, 0.25) is 0 Å². The van der Waals surface area contributed by atoms with Crippen molar-refractivity contribution in [1.29, 1.82) is 0 Å². The van der Waals surface area contributed by atoms with Gasteiger partial charge in [-0.2, -0.15) is 0 Å². The molecule has 1 unspecified atom stereocenters. The fourth-order valence-electron chi connectivity index (χ4n) is 1.74. The minimum atomic E-state index is -1.48. The number of aliphatic hydroxyl groups excluding tert-OH is 4. The summed E-state index contributed by atoms with van der Waals surface area (Å²) in [5.74, 6) is -0.392. The largest absolute Gasteiger partial charge is 0.394 e. The van der Waals surface area contributed by atoms with Crippen molar-refractivity contribution in [3.63, 3.8) is 0 Å². The Kier molecular flexibility index (Phi) is 5.70. The van der Waals surface area contributed by atoms with Gasteiger partial charge < -0.3 is 30.5 Å². The van der Waals surface area contributed by atoms with Crippen LogP contribution in [0.15, 0.2) is 12.7 Å². The molecule has 0 spiro atoms. The van der Waals surface area contributed by atoms with Crippen LogP contribution in [0.3, 0.4) is 0 Å². The van der Waals surface area contributed by atoms with Gasteiger partial charge in [-0.1, -0.05) is 6.08 Å². The first kappa shape index (κ1) is 15.1. The molecule has 1 aliphatic rings. The van der Waals surface area contributed by atoms with E-state index in [9.17, 15) is 20.1 Å². The van der Waals surface area contributed by atoms with E-state index < -0.39 is 43.2 Å². The predicted octanol–water partition coefficient (Wildman–Crippen LogP) is -2.13. The summed E-state index contributed by atoms with van der Waals surface area (Å²) in [6.45, 7) is 2.94. The van der Waals surface area contributed by atoms with Crippen LogP contribution in [-0.4, -0.2) is 63.6 Å². The van der Waals surface area contributed by atoms with Gasteiger partial charge in [-0.15, -0.1) is 6.58 Å². The lowest BCUT2D eigenvalue weighted by Gasteiger charge is -2.40. The Morgan fingerprint density at radius 1 is 1.33 bits per heavy atom. The maximum atomic E-state index is 11.5. The third-order valence-electron chi connectivity index (χ3n) is 2.80. The number of ether oxygens (including phenoxy) is 1. The number of carbonyl (C=O) groups is 1. The first-order valence-electron chi connectivity index (χ1n) is 5.72. The molecule has 5 N–H and O–H groups in total. The average molecular weight is 261 g/mol. The van der Waals surface area contributed by atoms with E-state index in [1.807, 2.05) is 0 Å². The number of allylic oxidation sites excluding steroid dienone is 1. The minimum Gasteiger partial charge on any atom is -0.394 e. The molecule has 0 aliphatic carbocycles. The third-order valence-corrected chi connectivity index (χ3v) is 2.80. The SMILES string of the molecule is C=CCCC(=O)N[C@H]1C(O)O[C@H](CO)[C@@H](O)[C@@H]1O. The second kappa shape index (κ2) is 6.81. The molecule has 7 heteroatoms. The molecule has 7 nitrogen and oxygen atoms in total. The van der Waals surface area contributed by atoms with Crippen molar-refractivity contribution in [3.8, 4) is 0 Å². The molecular weight excluding hydrogens is 242 g/mol. The molecule has 104 valence electrons. The number of amides is 1. The van der Waals surface area contributed by atoms with Gasteiger partial charge in [-0.3, -0.25) is 4.79 Å². The van der Waals surface area contributed by atoms with Crippen molar-refractivity contribution in [3.05, 3.63) is 12.7 Å². The fraction of sp³-hybridized carbons (Fsp3) is 0.727. The molecule has 0 saturated carbocycles. The van der Waals surface area contributed by atoms with Crippen molar-refractivity contribution in [1.82, 2.24) is 5.32 Å². The van der Waals surface area contributed by atoms with E-state index in [4.69, 9.17) is 9.84 Å². The quantitative estimate of drug-likeness (QED) is 0.361. The summed E-state index contributed by atoms with van der Waals surface area (Å²) >= 11 is 0. The van der Waals surface area contributed by atoms with E-state index >= 15 is 0 Å². The number of nitrogens with one attached hydrogen (secondary N) is 1. The highest BCUT2D eigenvalue weighted by Gasteiger charge is 2.44. The van der Waals surface area contributed by atoms with Crippen molar-refractivity contribution < 1.29 is 30.0 Å². The normalized spacial score (nSPS) is 36.1. The van der Waals surface area contributed by atoms with E-state index in [0.717, 1.165) is 0 Å². The molecule has 1 aliphatic heterocycles. The van der Waals surface area contributed by atoms with Crippen LogP contribution in [0.1, 0.15) is 12.8 Å². The third kappa shape index (κ3) is 3.50. The van der Waals surface area contributed by atoms with Gasteiger partial charge >= 0.3 is 0 Å². The van der Waals surface area contributed by atoms with Crippen molar-refractivity contribution >= 4 is 5.91 Å². The van der Waals surface area contributed by atoms with Crippen LogP contribution in [-0.2, 0) is 9.53 Å². The maximum Gasteiger partial charge on any atom is 0.220 e. The number of rotatable bonds is 5. The zero-order valence-corrected chi connectivity index (χ0v) is 9.90. The summed E-state index contributed by atoms with van der Waals surface area (Å²) in [6, 6.07) is -1.12. The molecule has 0 radical (unpaired) electrons. The highest BCUT2D eigenvalue weighted by Crippen LogP contribution is 2.19. The van der Waals surface area contributed by atoms with Gasteiger partial charge in [-0.25, -0.2) is 0 Å². The Hall–Kier alpha value is -0.990. The molecule has 1 rings (SSSR count). The number of carbonyl (C=O) groups excluding carboxylic acids is 1. The summed E-state index contributed by atoms with van der Waals surface area (Å²) in [4.78, 5) is 11.5. The molecule has 1 fully saturated rings. The molecule has 1 heterocycles. The van der Waals surface area contributed by atoms with Crippen molar-refractivity contribution in [2.24, 2.45) is 0 Å². The molecule has 0 bridgehead atoms. The molecule has 1 amide bonds. The molecule has 18 heavy (non-hydrogen) atoms. The van der Waals surface area contributed by atoms with E-state index in [-0.39, 0.29) is 6.42 Å². The molecular formula is C11H19NO6. The lowest BCUT2D eigenvalue weighted by Crippen LogP contribution is -2.64. The minimum absolute atomic E-state index is 0.166. The van der Waals surface area contributed by atoms with E-state index in [1.54, 1.807) is 6.08 Å². The Morgan fingerprint density at radius 2 is 2.00 bits per heavy atom. The van der Waals surface area contributed by atoms with Gasteiger partial charge in [0.1, 0.15) is 24.4 Å². The molecule has 0 aromatic heterocycles. The van der Waals surface area contributed by atoms with Crippen LogP contribution in [0.25, 0.3) is 0 Å². The topological polar surface area (TPSA) is 119 Å². The molecule has 0 aromatic rings. The van der Waals surface area contributed by atoms with Gasteiger partial charge in [0.05, 0.1) is 6.61 Å². The summed E-state index contributed by atoms with van der Waals surface area (Å²) in [5.41, 5.74) is 0. The van der Waals surface area contributed by atoms with Gasteiger partial charge in [-0.05, 0) is 6.42 Å². The number of aliphatic hydroxyl groups is 4. The number of hydrogen-bond acceptors (Lipinski definition) is 6. The lowest BCUT2D eigenvalue weighted by atomic mass is 9.97. The fourth-order valence-corrected chi connectivity index (χ4v) is 1.74. The van der Waals surface area contributed by atoms with Gasteiger partial charge in [0.2, 0.25) is 5.91 Å². The Bertz CT molecular complexity index is 297. The zero-order valence-electron chi connectivity index (χ0n) is 9.90. The smallest absolute Gasteiger partial charge is 0.220 e. The highest BCUT2D eigenvalue weighted by molar-refractivity contribution is 5.76. The van der Waals surface area contributed by atoms with Gasteiger partial charge in [0, 0.05) is 6.42 Å². The van der Waals surface area contributed by atoms with Gasteiger partial charge in [0.15, 0.2) is 6.29 Å². The maximum absolute atomic E-state index is 11.5. The van der Waals surface area contributed by atoms with Gasteiger partial charge in [0.25, 0.3) is 0 Å². The molecule has 0 aromatic carbocycles. The number of hydrogen-bond donors (Lipinski definition) is 5. The van der Waals surface area contributed by atoms with E-state index in [1.165, 1.54) is 0 Å². The standard InChI is InChI=1S/C11H19NO6/c1-2-3-4-7(14)12-8-10(16)9(15)6(5-13)18-11(8)17/h2,6,8-11,13,15-17H,1,3-5H2,(H,12,14)/t6-,8-,9-,10-,11?/m1/s1. The van der Waals surface area contributed by atoms with Crippen molar-refractivity contribution in [2.45, 2.75) is 43.5 Å². The van der Waals surface area contributed by atoms with Crippen LogP contribution in [0.4, 0.5) is 0 Å². The second-order valence-corrected chi connectivity index (χ2v) is 4.15. The van der Waals surface area contributed by atoms with Crippen LogP contribution < -0.4 is 5.32 Å². The molecule has 5 atom stereocenters. The first-order chi connectivity index (χ1) is 8.51. The Labute approximate surface area is 105 Å². The summed E-state index contributed by atoms with van der Waals surface area (Å²) in [5, 5.41) is 40.2. The summed E-state index contributed by atoms with van der Waals surface area (Å²) < 4.78 is 4.90. The highest BCUT2D eigenvalue weighted by atomic mass is 16.6. The monoisotopic (exact) mass is 261 g/mol. The van der Waals surface area contributed by atoms with E-state index in [2.05, 4.69) is 11.9 Å². The molecule has 1 saturated heterocycles. The van der Waals surface area contributed by atoms with Crippen LogP contribution >= 0.6 is 0 Å². The van der Waals surface area contributed by atoms with Crippen LogP contribution in [0.5, 0.6) is 0 Å². The van der Waals surface area contributed by atoms with E-state index in [0.29, 0.717) is 6.42 Å². The van der Waals surface area contributed by atoms with Crippen LogP contribution in [0, 0.1) is 0 Å².